The first-order chi connectivity index (χ1) is 22.7. The summed E-state index contributed by atoms with van der Waals surface area (Å²) in [5, 5.41) is 9.52. The van der Waals surface area contributed by atoms with Crippen LogP contribution < -0.4 is 0 Å². The van der Waals surface area contributed by atoms with E-state index in [4.69, 9.17) is 9.47 Å². The molecule has 0 aromatic rings. The van der Waals surface area contributed by atoms with Gasteiger partial charge in [0.2, 0.25) is 0 Å². The summed E-state index contributed by atoms with van der Waals surface area (Å²) in [5.41, 5.74) is 0. The zero-order valence-electron chi connectivity index (χ0n) is 30.1. The van der Waals surface area contributed by atoms with Crippen molar-refractivity contribution < 1.29 is 19.4 Å². The summed E-state index contributed by atoms with van der Waals surface area (Å²) >= 11 is 0. The number of unbranched alkanes of at least 4 members (excludes halogenated alkanes) is 14. The summed E-state index contributed by atoms with van der Waals surface area (Å²) in [6, 6.07) is 0. The van der Waals surface area contributed by atoms with Gasteiger partial charge in [-0.1, -0.05) is 164 Å². The predicted octanol–water partition coefficient (Wildman–Crippen LogP) is 12.3. The quantitative estimate of drug-likeness (QED) is 0.0432. The van der Waals surface area contributed by atoms with Crippen LogP contribution in [0.25, 0.3) is 0 Å². The van der Waals surface area contributed by atoms with Crippen molar-refractivity contribution in [2.24, 2.45) is 0 Å². The zero-order chi connectivity index (χ0) is 33.4. The van der Waals surface area contributed by atoms with E-state index in [-0.39, 0.29) is 19.2 Å². The molecule has 1 unspecified atom stereocenters. The van der Waals surface area contributed by atoms with Gasteiger partial charge < -0.3 is 14.6 Å². The third-order valence-corrected chi connectivity index (χ3v) is 7.80. The minimum Gasteiger partial charge on any atom is -0.457 e. The molecule has 0 heterocycles. The maximum Gasteiger partial charge on any atom is 0.306 e. The lowest BCUT2D eigenvalue weighted by Crippen LogP contribution is -2.27. The number of allylic oxidation sites excluding steroid dienone is 12. The van der Waals surface area contributed by atoms with E-state index in [1.165, 1.54) is 77.0 Å². The molecule has 264 valence electrons. The van der Waals surface area contributed by atoms with Crippen LogP contribution in [0.5, 0.6) is 0 Å². The first kappa shape index (κ1) is 43.8. The van der Waals surface area contributed by atoms with Crippen molar-refractivity contribution in [3.63, 3.8) is 0 Å². The first-order valence-electron chi connectivity index (χ1n) is 19.0. The Kier molecular flexibility index (Phi) is 37.2. The van der Waals surface area contributed by atoms with Crippen LogP contribution in [0, 0.1) is 0 Å². The summed E-state index contributed by atoms with van der Waals surface area (Å²) in [6.07, 6.45) is 52.4. The zero-order valence-corrected chi connectivity index (χ0v) is 30.1. The molecule has 4 nitrogen and oxygen atoms in total. The Morgan fingerprint density at radius 1 is 0.543 bits per heavy atom. The van der Waals surface area contributed by atoms with E-state index in [2.05, 4.69) is 86.8 Å². The van der Waals surface area contributed by atoms with Gasteiger partial charge in [-0.3, -0.25) is 4.79 Å². The number of hydrogen-bond donors (Lipinski definition) is 1. The number of carbonyl (C=O) groups excluding carboxylic acids is 1. The molecule has 1 N–H and O–H groups in total. The second-order valence-electron chi connectivity index (χ2n) is 12.3. The average molecular weight is 641 g/mol. The van der Waals surface area contributed by atoms with Crippen molar-refractivity contribution in [3.05, 3.63) is 72.9 Å². The van der Waals surface area contributed by atoms with Crippen LogP contribution >= 0.6 is 0 Å². The molecule has 0 aliphatic rings. The monoisotopic (exact) mass is 641 g/mol. The topological polar surface area (TPSA) is 55.8 Å². The minimum atomic E-state index is -0.539. The van der Waals surface area contributed by atoms with Crippen LogP contribution in [0.1, 0.15) is 162 Å². The average Bonchev–Trinajstić information content (AvgIpc) is 3.06. The van der Waals surface area contributed by atoms with Gasteiger partial charge in [0.05, 0.1) is 13.2 Å². The molecule has 46 heavy (non-hydrogen) atoms. The van der Waals surface area contributed by atoms with Crippen LogP contribution in [0.2, 0.25) is 0 Å². The van der Waals surface area contributed by atoms with E-state index in [9.17, 15) is 9.90 Å². The standard InChI is InChI=1S/C42H72O4/c1-3-5-7-9-11-13-14-15-16-17-18-19-20-21-22-23-24-25-26-27-28-29-30-32-34-36-38-45-40-41(39-43)46-42(44)37-35-33-31-12-10-8-6-4-2/h5,7,11,13,15-16,18-19,21-22,24-25,41,43H,3-4,6,8-10,12,14,17,20,23,26-40H2,1-2H3/b7-5-,13-11-,16-15-,19-18-,22-21-,25-24-. The molecule has 0 saturated heterocycles. The van der Waals surface area contributed by atoms with Gasteiger partial charge in [-0.2, -0.15) is 0 Å². The van der Waals surface area contributed by atoms with E-state index in [0.717, 1.165) is 64.2 Å². The second kappa shape index (κ2) is 39.0. The van der Waals surface area contributed by atoms with Crippen molar-refractivity contribution in [3.8, 4) is 0 Å². The fourth-order valence-corrected chi connectivity index (χ4v) is 4.98. The molecule has 0 bridgehead atoms. The molecule has 0 aromatic heterocycles. The largest absolute Gasteiger partial charge is 0.457 e. The lowest BCUT2D eigenvalue weighted by Gasteiger charge is -2.15. The minimum absolute atomic E-state index is 0.179. The summed E-state index contributed by atoms with van der Waals surface area (Å²) in [6.45, 7) is 5.16. The number of aliphatic hydroxyl groups excluding tert-OH is 1. The molecule has 0 radical (unpaired) electrons. The fraction of sp³-hybridized carbons (Fsp3) is 0.690. The molecule has 0 aromatic carbocycles. The molecule has 0 saturated carbocycles. The molecule has 0 aliphatic heterocycles. The Morgan fingerprint density at radius 2 is 0.978 bits per heavy atom. The summed E-state index contributed by atoms with van der Waals surface area (Å²) in [5.74, 6) is -0.213. The number of hydrogen-bond acceptors (Lipinski definition) is 4. The highest BCUT2D eigenvalue weighted by atomic mass is 16.6. The Morgan fingerprint density at radius 3 is 1.48 bits per heavy atom. The highest BCUT2D eigenvalue weighted by Gasteiger charge is 2.13. The van der Waals surface area contributed by atoms with Gasteiger partial charge in [-0.05, 0) is 64.2 Å². The van der Waals surface area contributed by atoms with Crippen molar-refractivity contribution in [1.29, 1.82) is 0 Å². The van der Waals surface area contributed by atoms with Gasteiger partial charge in [0.25, 0.3) is 0 Å². The second-order valence-corrected chi connectivity index (χ2v) is 12.3. The van der Waals surface area contributed by atoms with Crippen molar-refractivity contribution >= 4 is 5.97 Å². The van der Waals surface area contributed by atoms with Gasteiger partial charge in [0, 0.05) is 13.0 Å². The van der Waals surface area contributed by atoms with Gasteiger partial charge in [-0.15, -0.1) is 0 Å². The van der Waals surface area contributed by atoms with Gasteiger partial charge in [-0.25, -0.2) is 0 Å². The Labute approximate surface area is 285 Å². The van der Waals surface area contributed by atoms with Crippen LogP contribution in [0.3, 0.4) is 0 Å². The first-order valence-corrected chi connectivity index (χ1v) is 19.0. The van der Waals surface area contributed by atoms with E-state index < -0.39 is 6.10 Å². The van der Waals surface area contributed by atoms with Crippen molar-refractivity contribution in [1.82, 2.24) is 0 Å². The number of rotatable bonds is 34. The van der Waals surface area contributed by atoms with Crippen LogP contribution in [-0.4, -0.2) is 37.0 Å². The Balaban J connectivity index is 3.50. The van der Waals surface area contributed by atoms with Gasteiger partial charge in [0.15, 0.2) is 0 Å². The molecule has 0 rings (SSSR count). The number of ether oxygens (including phenoxy) is 2. The molecule has 0 aliphatic carbocycles. The van der Waals surface area contributed by atoms with Gasteiger partial charge in [0.1, 0.15) is 6.10 Å². The molecule has 1 atom stereocenters. The third-order valence-electron chi connectivity index (χ3n) is 7.80. The normalized spacial score (nSPS) is 13.2. The maximum atomic E-state index is 12.0. The summed E-state index contributed by atoms with van der Waals surface area (Å²) in [4.78, 5) is 12.0. The summed E-state index contributed by atoms with van der Waals surface area (Å²) in [7, 11) is 0. The number of aliphatic hydroxyl groups is 1. The maximum absolute atomic E-state index is 12.0. The van der Waals surface area contributed by atoms with Crippen LogP contribution in [0.15, 0.2) is 72.9 Å². The van der Waals surface area contributed by atoms with Gasteiger partial charge >= 0.3 is 5.97 Å². The third kappa shape index (κ3) is 36.3. The smallest absolute Gasteiger partial charge is 0.306 e. The Bertz CT molecular complexity index is 804. The number of carbonyl (C=O) groups is 1. The molecule has 4 heteroatoms. The summed E-state index contributed by atoms with van der Waals surface area (Å²) < 4.78 is 11.1. The van der Waals surface area contributed by atoms with Crippen LogP contribution in [0.4, 0.5) is 0 Å². The van der Waals surface area contributed by atoms with E-state index in [0.29, 0.717) is 13.0 Å². The van der Waals surface area contributed by atoms with E-state index in [1.54, 1.807) is 0 Å². The highest BCUT2D eigenvalue weighted by molar-refractivity contribution is 5.69. The van der Waals surface area contributed by atoms with E-state index >= 15 is 0 Å². The molecular formula is C42H72O4. The molecule has 0 amide bonds. The van der Waals surface area contributed by atoms with Crippen LogP contribution in [-0.2, 0) is 14.3 Å². The predicted molar refractivity (Wildman–Crippen MR) is 200 cm³/mol. The molecule has 0 fully saturated rings. The lowest BCUT2D eigenvalue weighted by atomic mass is 10.1. The fourth-order valence-electron chi connectivity index (χ4n) is 4.98. The Hall–Kier alpha value is -2.17. The van der Waals surface area contributed by atoms with Crippen molar-refractivity contribution in [2.45, 2.75) is 168 Å². The molecule has 0 spiro atoms. The SMILES string of the molecule is CC/C=C\C/C=C\C/C=C\C/C=C\C/C=C\C/C=C\CCCCCCCCCOCC(CO)OC(=O)CCCCCCCCCC. The molecular weight excluding hydrogens is 568 g/mol. The van der Waals surface area contributed by atoms with Crippen molar-refractivity contribution in [2.75, 3.05) is 19.8 Å². The number of esters is 1. The highest BCUT2D eigenvalue weighted by Crippen LogP contribution is 2.11. The van der Waals surface area contributed by atoms with E-state index in [1.807, 2.05) is 0 Å². The lowest BCUT2D eigenvalue weighted by molar-refractivity contribution is -0.154.